The van der Waals surface area contributed by atoms with Gasteiger partial charge in [-0.1, -0.05) is 41.9 Å². The fourth-order valence-corrected chi connectivity index (χ4v) is 2.11. The summed E-state index contributed by atoms with van der Waals surface area (Å²) in [7, 11) is 0. The second-order valence-corrected chi connectivity index (χ2v) is 4.78. The highest BCUT2D eigenvalue weighted by atomic mass is 35.5. The van der Waals surface area contributed by atoms with Crippen molar-refractivity contribution in [3.63, 3.8) is 0 Å². The summed E-state index contributed by atoms with van der Waals surface area (Å²) in [5.74, 6) is 0.490. The lowest BCUT2D eigenvalue weighted by molar-refractivity contribution is 0.273. The number of aromatic nitrogens is 1. The highest BCUT2D eigenvalue weighted by Gasteiger charge is 2.10. The Morgan fingerprint density at radius 3 is 2.70 bits per heavy atom. The van der Waals surface area contributed by atoms with Gasteiger partial charge in [0.25, 0.3) is 0 Å². The molecular formula is C15H14ClN3O. The van der Waals surface area contributed by atoms with Crippen LogP contribution in [0.4, 0.5) is 5.82 Å². The maximum Gasteiger partial charge on any atom is 0.132 e. The zero-order valence-corrected chi connectivity index (χ0v) is 11.5. The lowest BCUT2D eigenvalue weighted by atomic mass is 10.1. The molecule has 0 radical (unpaired) electrons. The van der Waals surface area contributed by atoms with Crippen molar-refractivity contribution in [1.29, 1.82) is 5.26 Å². The Morgan fingerprint density at radius 2 is 2.05 bits per heavy atom. The Labute approximate surface area is 122 Å². The first kappa shape index (κ1) is 14.3. The highest BCUT2D eigenvalue weighted by molar-refractivity contribution is 6.29. The number of nitriles is 1. The molecular weight excluding hydrogens is 274 g/mol. The molecule has 2 rings (SSSR count). The summed E-state index contributed by atoms with van der Waals surface area (Å²) in [6.07, 6.45) is 0.660. The van der Waals surface area contributed by atoms with Crippen molar-refractivity contribution in [2.45, 2.75) is 12.5 Å². The second-order valence-electron chi connectivity index (χ2n) is 4.39. The summed E-state index contributed by atoms with van der Waals surface area (Å²) >= 11 is 5.85. The average molecular weight is 288 g/mol. The summed E-state index contributed by atoms with van der Waals surface area (Å²) in [5.41, 5.74) is 1.55. The number of aliphatic hydroxyl groups is 1. The molecule has 5 heteroatoms. The van der Waals surface area contributed by atoms with Crippen LogP contribution in [0.3, 0.4) is 0 Å². The van der Waals surface area contributed by atoms with E-state index < -0.39 is 0 Å². The number of pyridine rings is 1. The van der Waals surface area contributed by atoms with Crippen LogP contribution >= 0.6 is 11.6 Å². The standard InChI is InChI=1S/C15H14ClN3O/c16-14-7-12(9-17)8-15(19-14)18-13(10-20)6-11-4-2-1-3-5-11/h1-5,7-8,13,20H,6,10H2,(H,18,19). The van der Waals surface area contributed by atoms with E-state index in [0.29, 0.717) is 17.8 Å². The summed E-state index contributed by atoms with van der Waals surface area (Å²) in [5, 5.41) is 21.7. The van der Waals surface area contributed by atoms with Gasteiger partial charge >= 0.3 is 0 Å². The summed E-state index contributed by atoms with van der Waals surface area (Å²) in [6, 6.07) is 14.8. The van der Waals surface area contributed by atoms with Crippen molar-refractivity contribution in [3.8, 4) is 6.07 Å². The number of anilines is 1. The average Bonchev–Trinajstić information content (AvgIpc) is 2.47. The van der Waals surface area contributed by atoms with Crippen molar-refractivity contribution in [1.82, 2.24) is 4.98 Å². The molecule has 1 aromatic heterocycles. The Kier molecular flexibility index (Phi) is 4.94. The third-order valence-electron chi connectivity index (χ3n) is 2.82. The number of halogens is 1. The number of nitrogens with one attached hydrogen (secondary N) is 1. The van der Waals surface area contributed by atoms with Crippen molar-refractivity contribution in [3.05, 3.63) is 58.7 Å². The van der Waals surface area contributed by atoms with Crippen LogP contribution in [-0.4, -0.2) is 22.7 Å². The minimum atomic E-state index is -0.185. The van der Waals surface area contributed by atoms with E-state index in [2.05, 4.69) is 10.3 Å². The maximum absolute atomic E-state index is 9.46. The molecule has 0 bridgehead atoms. The molecule has 0 fully saturated rings. The van der Waals surface area contributed by atoms with Crippen molar-refractivity contribution in [2.75, 3.05) is 11.9 Å². The second kappa shape index (κ2) is 6.90. The Morgan fingerprint density at radius 1 is 1.30 bits per heavy atom. The predicted octanol–water partition coefficient (Wildman–Crippen LogP) is 2.62. The third-order valence-corrected chi connectivity index (χ3v) is 3.01. The van der Waals surface area contributed by atoms with E-state index in [4.69, 9.17) is 16.9 Å². The van der Waals surface area contributed by atoms with Crippen LogP contribution < -0.4 is 5.32 Å². The molecule has 0 spiro atoms. The van der Waals surface area contributed by atoms with Gasteiger partial charge in [-0.05, 0) is 24.1 Å². The number of rotatable bonds is 5. The van der Waals surface area contributed by atoms with Crippen LogP contribution in [0.25, 0.3) is 0 Å². The first-order valence-electron chi connectivity index (χ1n) is 6.20. The largest absolute Gasteiger partial charge is 0.394 e. The van der Waals surface area contributed by atoms with Crippen LogP contribution in [-0.2, 0) is 6.42 Å². The van der Waals surface area contributed by atoms with Gasteiger partial charge in [-0.25, -0.2) is 4.98 Å². The molecule has 0 aliphatic heterocycles. The van der Waals surface area contributed by atoms with Crippen LogP contribution in [0.5, 0.6) is 0 Å². The molecule has 0 saturated heterocycles. The minimum absolute atomic E-state index is 0.0367. The van der Waals surface area contributed by atoms with Crippen molar-refractivity contribution < 1.29 is 5.11 Å². The predicted molar refractivity (Wildman–Crippen MR) is 78.6 cm³/mol. The van der Waals surface area contributed by atoms with E-state index >= 15 is 0 Å². The van der Waals surface area contributed by atoms with Gasteiger partial charge in [-0.2, -0.15) is 5.26 Å². The zero-order valence-electron chi connectivity index (χ0n) is 10.8. The van der Waals surface area contributed by atoms with Gasteiger partial charge in [0, 0.05) is 0 Å². The summed E-state index contributed by atoms with van der Waals surface area (Å²) < 4.78 is 0. The first-order valence-corrected chi connectivity index (χ1v) is 6.58. The summed E-state index contributed by atoms with van der Waals surface area (Å²) in [6.45, 7) is -0.0367. The van der Waals surface area contributed by atoms with Crippen molar-refractivity contribution in [2.24, 2.45) is 0 Å². The third kappa shape index (κ3) is 3.95. The molecule has 4 nitrogen and oxygen atoms in total. The van der Waals surface area contributed by atoms with Gasteiger partial charge in [-0.15, -0.1) is 0 Å². The molecule has 2 aromatic rings. The number of benzene rings is 1. The molecule has 0 amide bonds. The van der Waals surface area contributed by atoms with Gasteiger partial charge in [-0.3, -0.25) is 0 Å². The Hall–Kier alpha value is -2.09. The first-order chi connectivity index (χ1) is 9.71. The fraction of sp³-hybridized carbons (Fsp3) is 0.200. The number of aliphatic hydroxyl groups excluding tert-OH is 1. The molecule has 0 saturated carbocycles. The van der Waals surface area contributed by atoms with E-state index in [0.717, 1.165) is 5.56 Å². The lowest BCUT2D eigenvalue weighted by Gasteiger charge is -2.17. The van der Waals surface area contributed by atoms with E-state index in [1.807, 2.05) is 36.4 Å². The lowest BCUT2D eigenvalue weighted by Crippen LogP contribution is -2.26. The molecule has 1 aromatic carbocycles. The molecule has 20 heavy (non-hydrogen) atoms. The number of nitrogens with zero attached hydrogens (tertiary/aromatic N) is 2. The Bertz CT molecular complexity index is 610. The van der Waals surface area contributed by atoms with Gasteiger partial charge in [0.05, 0.1) is 24.3 Å². The zero-order chi connectivity index (χ0) is 14.4. The van der Waals surface area contributed by atoms with E-state index in [9.17, 15) is 5.11 Å². The molecule has 1 atom stereocenters. The summed E-state index contributed by atoms with van der Waals surface area (Å²) in [4.78, 5) is 4.10. The van der Waals surface area contributed by atoms with Gasteiger partial charge in [0.2, 0.25) is 0 Å². The molecule has 102 valence electrons. The topological polar surface area (TPSA) is 68.9 Å². The molecule has 0 aliphatic rings. The highest BCUT2D eigenvalue weighted by Crippen LogP contribution is 2.15. The van der Waals surface area contributed by atoms with Crippen LogP contribution in [0.2, 0.25) is 5.15 Å². The van der Waals surface area contributed by atoms with Crippen LogP contribution in [0, 0.1) is 11.3 Å². The van der Waals surface area contributed by atoms with Crippen LogP contribution in [0.15, 0.2) is 42.5 Å². The normalized spacial score (nSPS) is 11.7. The smallest absolute Gasteiger partial charge is 0.132 e. The van der Waals surface area contributed by atoms with Gasteiger partial charge in [0.15, 0.2) is 0 Å². The van der Waals surface area contributed by atoms with Crippen LogP contribution in [0.1, 0.15) is 11.1 Å². The number of hydrogen-bond acceptors (Lipinski definition) is 4. The van der Waals surface area contributed by atoms with E-state index in [1.165, 1.54) is 6.07 Å². The molecule has 1 heterocycles. The molecule has 0 aliphatic carbocycles. The fourth-order valence-electron chi connectivity index (χ4n) is 1.90. The molecule has 2 N–H and O–H groups in total. The van der Waals surface area contributed by atoms with Gasteiger partial charge in [0.1, 0.15) is 11.0 Å². The van der Waals surface area contributed by atoms with Crippen molar-refractivity contribution >= 4 is 17.4 Å². The molecule has 1 unspecified atom stereocenters. The van der Waals surface area contributed by atoms with E-state index in [1.54, 1.807) is 6.07 Å². The quantitative estimate of drug-likeness (QED) is 0.830. The van der Waals surface area contributed by atoms with Gasteiger partial charge < -0.3 is 10.4 Å². The Balaban J connectivity index is 2.10. The monoisotopic (exact) mass is 287 g/mol. The number of hydrogen-bond donors (Lipinski definition) is 2. The SMILES string of the molecule is N#Cc1cc(Cl)nc(NC(CO)Cc2ccccc2)c1. The van der Waals surface area contributed by atoms with E-state index in [-0.39, 0.29) is 17.8 Å². The minimum Gasteiger partial charge on any atom is -0.394 e. The maximum atomic E-state index is 9.46.